The number of amides is 2. The number of anilines is 1. The molecule has 8 heteroatoms. The summed E-state index contributed by atoms with van der Waals surface area (Å²) in [5, 5.41) is 3.20. The monoisotopic (exact) mass is 443 g/mol. The molecular formula is C23H26FN3O3S. The van der Waals surface area contributed by atoms with Gasteiger partial charge in [0.2, 0.25) is 5.91 Å². The third kappa shape index (κ3) is 5.38. The van der Waals surface area contributed by atoms with Crippen LogP contribution in [-0.4, -0.2) is 45.4 Å². The molecule has 1 saturated heterocycles. The number of hydrogen-bond acceptors (Lipinski definition) is 4. The smallest absolute Gasteiger partial charge is 0.252 e. The Labute approximate surface area is 187 Å². The zero-order valence-corrected chi connectivity index (χ0v) is 18.6. The molecule has 164 valence electrons. The molecule has 6 nitrogen and oxygen atoms in total. The Bertz CT molecular complexity index is 948. The van der Waals surface area contributed by atoms with Crippen molar-refractivity contribution in [3.05, 3.63) is 59.9 Å². The van der Waals surface area contributed by atoms with Crippen LogP contribution in [0.1, 0.15) is 32.8 Å². The molecule has 0 spiro atoms. The number of rotatable bonds is 8. The standard InChI is InChI=1S/C23H26FN3O3S/c1-4-30-19-11-9-18(10-12-19)25-21(28)13-20-22(29)26(23(31)27(20)15(2)3)14-16-5-7-17(24)8-6-16/h5-12,15,20H,4,13-14H2,1-3H3,(H,25,28). The summed E-state index contributed by atoms with van der Waals surface area (Å²) >= 11 is 5.55. The lowest BCUT2D eigenvalue weighted by molar-refractivity contribution is -0.131. The number of halogens is 1. The van der Waals surface area contributed by atoms with E-state index in [1.165, 1.54) is 17.0 Å². The van der Waals surface area contributed by atoms with E-state index in [1.807, 2.05) is 20.8 Å². The summed E-state index contributed by atoms with van der Waals surface area (Å²) in [5.74, 6) is -0.129. The van der Waals surface area contributed by atoms with Gasteiger partial charge in [-0.15, -0.1) is 0 Å². The summed E-state index contributed by atoms with van der Waals surface area (Å²) in [7, 11) is 0. The second-order valence-corrected chi connectivity index (χ2v) is 7.93. The van der Waals surface area contributed by atoms with Crippen LogP contribution in [0, 0.1) is 5.82 Å². The maximum atomic E-state index is 13.2. The Morgan fingerprint density at radius 2 is 1.81 bits per heavy atom. The SMILES string of the molecule is CCOc1ccc(NC(=O)CC2C(=O)N(Cc3ccc(F)cc3)C(=S)N2C(C)C)cc1. The van der Waals surface area contributed by atoms with Crippen molar-refractivity contribution in [1.82, 2.24) is 9.80 Å². The highest BCUT2D eigenvalue weighted by Gasteiger charge is 2.44. The van der Waals surface area contributed by atoms with Gasteiger partial charge in [0, 0.05) is 11.7 Å². The predicted molar refractivity (Wildman–Crippen MR) is 121 cm³/mol. The van der Waals surface area contributed by atoms with Crippen LogP contribution in [0.15, 0.2) is 48.5 Å². The predicted octanol–water partition coefficient (Wildman–Crippen LogP) is 3.96. The molecule has 3 rings (SSSR count). The van der Waals surface area contributed by atoms with E-state index >= 15 is 0 Å². The molecule has 2 amide bonds. The van der Waals surface area contributed by atoms with E-state index in [0.717, 1.165) is 11.3 Å². The first kappa shape index (κ1) is 22.7. The quantitative estimate of drug-likeness (QED) is 0.626. The minimum absolute atomic E-state index is 0.0235. The van der Waals surface area contributed by atoms with Gasteiger partial charge >= 0.3 is 0 Å². The number of thiocarbonyl (C=S) groups is 1. The highest BCUT2D eigenvalue weighted by atomic mass is 32.1. The van der Waals surface area contributed by atoms with E-state index in [1.54, 1.807) is 41.3 Å². The number of ether oxygens (including phenoxy) is 1. The van der Waals surface area contributed by atoms with Crippen molar-refractivity contribution in [3.63, 3.8) is 0 Å². The van der Waals surface area contributed by atoms with Gasteiger partial charge in [-0.1, -0.05) is 12.1 Å². The molecule has 1 N–H and O–H groups in total. The van der Waals surface area contributed by atoms with Crippen LogP contribution in [0.25, 0.3) is 0 Å². The van der Waals surface area contributed by atoms with E-state index in [2.05, 4.69) is 5.32 Å². The van der Waals surface area contributed by atoms with Gasteiger partial charge < -0.3 is 15.0 Å². The number of benzene rings is 2. The highest BCUT2D eigenvalue weighted by Crippen LogP contribution is 2.26. The van der Waals surface area contributed by atoms with Crippen molar-refractivity contribution in [2.75, 3.05) is 11.9 Å². The number of carbonyl (C=O) groups is 2. The molecule has 0 aliphatic carbocycles. The van der Waals surface area contributed by atoms with E-state index in [4.69, 9.17) is 17.0 Å². The summed E-state index contributed by atoms with van der Waals surface area (Å²) in [4.78, 5) is 29.1. The lowest BCUT2D eigenvalue weighted by Gasteiger charge is -2.27. The van der Waals surface area contributed by atoms with Gasteiger partial charge in [0.1, 0.15) is 17.6 Å². The van der Waals surface area contributed by atoms with Crippen molar-refractivity contribution < 1.29 is 18.7 Å². The second kappa shape index (κ2) is 9.87. The maximum absolute atomic E-state index is 13.2. The van der Waals surface area contributed by atoms with E-state index < -0.39 is 6.04 Å². The second-order valence-electron chi connectivity index (χ2n) is 7.56. The Balaban J connectivity index is 1.70. The number of nitrogens with one attached hydrogen (secondary N) is 1. The Kier molecular flexibility index (Phi) is 7.22. The van der Waals surface area contributed by atoms with Crippen LogP contribution in [0.4, 0.5) is 10.1 Å². The molecule has 1 aliphatic heterocycles. The van der Waals surface area contributed by atoms with Crippen LogP contribution in [0.3, 0.4) is 0 Å². The normalized spacial score (nSPS) is 16.2. The van der Waals surface area contributed by atoms with Crippen molar-refractivity contribution in [2.24, 2.45) is 0 Å². The van der Waals surface area contributed by atoms with Crippen LogP contribution in [0.5, 0.6) is 5.75 Å². The first-order valence-electron chi connectivity index (χ1n) is 10.2. The van der Waals surface area contributed by atoms with Crippen molar-refractivity contribution in [2.45, 2.75) is 45.8 Å². The molecule has 31 heavy (non-hydrogen) atoms. The molecule has 1 heterocycles. The topological polar surface area (TPSA) is 61.9 Å². The van der Waals surface area contributed by atoms with Gasteiger partial charge in [0.05, 0.1) is 19.6 Å². The lowest BCUT2D eigenvalue weighted by Crippen LogP contribution is -2.42. The van der Waals surface area contributed by atoms with E-state index in [0.29, 0.717) is 17.4 Å². The molecular weight excluding hydrogens is 417 g/mol. The third-order valence-corrected chi connectivity index (χ3v) is 5.41. The Hall–Kier alpha value is -3.00. The van der Waals surface area contributed by atoms with Crippen LogP contribution < -0.4 is 10.1 Å². The fraction of sp³-hybridized carbons (Fsp3) is 0.348. The Morgan fingerprint density at radius 1 is 1.16 bits per heavy atom. The third-order valence-electron chi connectivity index (χ3n) is 4.98. The average Bonchev–Trinajstić information content (AvgIpc) is 2.95. The summed E-state index contributed by atoms with van der Waals surface area (Å²) in [5.41, 5.74) is 1.39. The first-order valence-corrected chi connectivity index (χ1v) is 10.6. The zero-order valence-electron chi connectivity index (χ0n) is 17.8. The molecule has 0 radical (unpaired) electrons. The van der Waals surface area contributed by atoms with Gasteiger partial charge in [-0.2, -0.15) is 0 Å². The highest BCUT2D eigenvalue weighted by molar-refractivity contribution is 7.80. The van der Waals surface area contributed by atoms with E-state index in [9.17, 15) is 14.0 Å². The molecule has 1 unspecified atom stereocenters. The average molecular weight is 444 g/mol. The van der Waals surface area contributed by atoms with E-state index in [-0.39, 0.29) is 36.6 Å². The maximum Gasteiger partial charge on any atom is 0.252 e. The molecule has 0 saturated carbocycles. The lowest BCUT2D eigenvalue weighted by atomic mass is 10.1. The van der Waals surface area contributed by atoms with Crippen LogP contribution in [0.2, 0.25) is 0 Å². The summed E-state index contributed by atoms with van der Waals surface area (Å²) in [6, 6.07) is 12.3. The summed E-state index contributed by atoms with van der Waals surface area (Å²) in [6.45, 7) is 6.56. The number of carbonyl (C=O) groups excluding carboxylic acids is 2. The minimum Gasteiger partial charge on any atom is -0.494 e. The van der Waals surface area contributed by atoms with Gasteiger partial charge in [-0.05, 0) is 75.0 Å². The summed E-state index contributed by atoms with van der Waals surface area (Å²) < 4.78 is 18.6. The zero-order chi connectivity index (χ0) is 22.5. The number of hydrogen-bond donors (Lipinski definition) is 1. The van der Waals surface area contributed by atoms with Gasteiger partial charge in [0.25, 0.3) is 5.91 Å². The van der Waals surface area contributed by atoms with Gasteiger partial charge in [-0.25, -0.2) is 4.39 Å². The number of nitrogens with zero attached hydrogens (tertiary/aromatic N) is 2. The molecule has 2 aromatic rings. The van der Waals surface area contributed by atoms with Crippen molar-refractivity contribution in [3.8, 4) is 5.75 Å². The molecule has 1 aliphatic rings. The first-order chi connectivity index (χ1) is 14.8. The largest absolute Gasteiger partial charge is 0.494 e. The minimum atomic E-state index is -0.685. The van der Waals surface area contributed by atoms with Crippen molar-refractivity contribution in [1.29, 1.82) is 0 Å². The van der Waals surface area contributed by atoms with Crippen LogP contribution in [-0.2, 0) is 16.1 Å². The van der Waals surface area contributed by atoms with Gasteiger partial charge in [-0.3, -0.25) is 14.5 Å². The molecule has 1 fully saturated rings. The molecule has 2 aromatic carbocycles. The fourth-order valence-corrected chi connectivity index (χ4v) is 4.03. The van der Waals surface area contributed by atoms with Crippen LogP contribution >= 0.6 is 12.2 Å². The van der Waals surface area contributed by atoms with Crippen molar-refractivity contribution >= 4 is 34.8 Å². The fourth-order valence-electron chi connectivity index (χ4n) is 3.54. The molecule has 0 aromatic heterocycles. The molecule has 0 bridgehead atoms. The Morgan fingerprint density at radius 3 is 2.39 bits per heavy atom. The molecule has 1 atom stereocenters. The summed E-state index contributed by atoms with van der Waals surface area (Å²) in [6.07, 6.45) is -0.0235. The van der Waals surface area contributed by atoms with Gasteiger partial charge in [0.15, 0.2) is 5.11 Å².